The average Bonchev–Trinajstić information content (AvgIpc) is 3.48. The van der Waals surface area contributed by atoms with Gasteiger partial charge in [0.2, 0.25) is 0 Å². The minimum atomic E-state index is 0.0118. The predicted octanol–water partition coefficient (Wildman–Crippen LogP) is 5.57. The Kier molecular flexibility index (Phi) is 4.86. The number of hydrogen-bond acceptors (Lipinski definition) is 2. The summed E-state index contributed by atoms with van der Waals surface area (Å²) in [5.41, 5.74) is 7.51. The van der Waals surface area contributed by atoms with Crippen molar-refractivity contribution in [2.24, 2.45) is 0 Å². The lowest BCUT2D eigenvalue weighted by molar-refractivity contribution is 0.562. The molecule has 3 heterocycles. The SMILES string of the molecule is CCc1ccc(N2C(=S)N[C@H](c3ccccn3)[C@H]2c2cc(C)n(C3CC3)c2C)cc1. The summed E-state index contributed by atoms with van der Waals surface area (Å²) in [6, 6.07) is 18.0. The Morgan fingerprint density at radius 2 is 1.87 bits per heavy atom. The van der Waals surface area contributed by atoms with Crippen LogP contribution in [0.15, 0.2) is 54.7 Å². The topological polar surface area (TPSA) is 33.1 Å². The first-order valence-corrected chi connectivity index (χ1v) is 11.3. The van der Waals surface area contributed by atoms with Crippen LogP contribution in [0.1, 0.15) is 66.1 Å². The van der Waals surface area contributed by atoms with Crippen molar-refractivity contribution in [1.29, 1.82) is 0 Å². The molecule has 2 aliphatic rings. The quantitative estimate of drug-likeness (QED) is 0.551. The maximum Gasteiger partial charge on any atom is 0.174 e. The molecule has 2 atom stereocenters. The molecule has 5 heteroatoms. The summed E-state index contributed by atoms with van der Waals surface area (Å²) in [5.74, 6) is 0. The zero-order valence-electron chi connectivity index (χ0n) is 17.8. The Morgan fingerprint density at radius 1 is 1.10 bits per heavy atom. The van der Waals surface area contributed by atoms with Gasteiger partial charge in [0.05, 0.1) is 17.8 Å². The van der Waals surface area contributed by atoms with E-state index in [1.807, 2.05) is 12.3 Å². The summed E-state index contributed by atoms with van der Waals surface area (Å²) in [4.78, 5) is 6.96. The van der Waals surface area contributed by atoms with Crippen molar-refractivity contribution in [3.8, 4) is 0 Å². The lowest BCUT2D eigenvalue weighted by atomic mass is 9.96. The number of benzene rings is 1. The molecule has 3 aromatic rings. The highest BCUT2D eigenvalue weighted by Crippen LogP contribution is 2.46. The standard InChI is InChI=1S/C25H28N4S/c1-4-18-8-10-20(11-9-18)29-24(21-15-16(2)28(17(21)3)19-12-13-19)23(27-25(29)30)22-7-5-6-14-26-22/h5-11,14-15,19,23-24H,4,12-13H2,1-3H3,(H,27,30)/t23-,24-/m1/s1. The van der Waals surface area contributed by atoms with Crippen LogP contribution in [0.2, 0.25) is 0 Å². The number of aromatic nitrogens is 2. The summed E-state index contributed by atoms with van der Waals surface area (Å²) in [5, 5.41) is 4.34. The lowest BCUT2D eigenvalue weighted by Gasteiger charge is -2.28. The van der Waals surface area contributed by atoms with Crippen LogP contribution in [0.5, 0.6) is 0 Å². The predicted molar refractivity (Wildman–Crippen MR) is 126 cm³/mol. The van der Waals surface area contributed by atoms with Crippen molar-refractivity contribution < 1.29 is 0 Å². The van der Waals surface area contributed by atoms with E-state index in [4.69, 9.17) is 12.2 Å². The van der Waals surface area contributed by atoms with Gasteiger partial charge in [0.15, 0.2) is 5.11 Å². The second-order valence-electron chi connectivity index (χ2n) is 8.44. The van der Waals surface area contributed by atoms with Crippen molar-refractivity contribution in [2.45, 2.75) is 58.2 Å². The van der Waals surface area contributed by atoms with Gasteiger partial charge in [-0.15, -0.1) is 0 Å². The van der Waals surface area contributed by atoms with Gasteiger partial charge in [-0.1, -0.05) is 25.1 Å². The molecule has 1 N–H and O–H groups in total. The molecule has 2 aromatic heterocycles. The van der Waals surface area contributed by atoms with Gasteiger partial charge in [0.25, 0.3) is 0 Å². The molecule has 1 aliphatic heterocycles. The molecule has 1 saturated heterocycles. The Balaban J connectivity index is 1.64. The minimum absolute atomic E-state index is 0.0118. The van der Waals surface area contributed by atoms with Crippen LogP contribution in [-0.4, -0.2) is 14.7 Å². The van der Waals surface area contributed by atoms with E-state index in [0.29, 0.717) is 6.04 Å². The van der Waals surface area contributed by atoms with Crippen LogP contribution in [0.25, 0.3) is 0 Å². The van der Waals surface area contributed by atoms with Gasteiger partial charge in [-0.3, -0.25) is 4.98 Å². The number of hydrogen-bond donors (Lipinski definition) is 1. The molecule has 1 saturated carbocycles. The summed E-state index contributed by atoms with van der Waals surface area (Å²) in [6.45, 7) is 6.67. The smallest absolute Gasteiger partial charge is 0.174 e. The van der Waals surface area contributed by atoms with Crippen LogP contribution in [0.4, 0.5) is 5.69 Å². The number of rotatable bonds is 5. The number of nitrogens with one attached hydrogen (secondary N) is 1. The highest BCUT2D eigenvalue weighted by atomic mass is 32.1. The van der Waals surface area contributed by atoms with Crippen LogP contribution < -0.4 is 10.2 Å². The first-order valence-electron chi connectivity index (χ1n) is 10.9. The van der Waals surface area contributed by atoms with Crippen molar-refractivity contribution in [1.82, 2.24) is 14.9 Å². The number of thiocarbonyl (C=S) groups is 1. The Bertz CT molecular complexity index is 1070. The van der Waals surface area contributed by atoms with Gasteiger partial charge in [0.1, 0.15) is 0 Å². The Labute approximate surface area is 183 Å². The van der Waals surface area contributed by atoms with Crippen molar-refractivity contribution in [3.05, 3.63) is 82.9 Å². The fraction of sp³-hybridized carbons (Fsp3) is 0.360. The van der Waals surface area contributed by atoms with E-state index in [-0.39, 0.29) is 12.1 Å². The molecule has 0 bridgehead atoms. The van der Waals surface area contributed by atoms with Crippen LogP contribution in [-0.2, 0) is 6.42 Å². The molecule has 30 heavy (non-hydrogen) atoms. The molecule has 154 valence electrons. The van der Waals surface area contributed by atoms with Gasteiger partial charge in [-0.2, -0.15) is 0 Å². The third-order valence-corrected chi connectivity index (χ3v) is 6.79. The number of nitrogens with zero attached hydrogens (tertiary/aromatic N) is 3. The van der Waals surface area contributed by atoms with Gasteiger partial charge in [-0.25, -0.2) is 0 Å². The number of aryl methyl sites for hydroxylation is 2. The zero-order valence-corrected chi connectivity index (χ0v) is 18.6. The van der Waals surface area contributed by atoms with E-state index in [0.717, 1.165) is 22.9 Å². The number of pyridine rings is 1. The second-order valence-corrected chi connectivity index (χ2v) is 8.83. The molecule has 1 aliphatic carbocycles. The van der Waals surface area contributed by atoms with Gasteiger partial charge < -0.3 is 14.8 Å². The Morgan fingerprint density at radius 3 is 2.50 bits per heavy atom. The first kappa shape index (κ1) is 19.3. The molecule has 0 spiro atoms. The minimum Gasteiger partial charge on any atom is -0.351 e. The highest BCUT2D eigenvalue weighted by molar-refractivity contribution is 7.80. The van der Waals surface area contributed by atoms with Crippen LogP contribution >= 0.6 is 12.2 Å². The van der Waals surface area contributed by atoms with E-state index in [2.05, 4.69) is 83.0 Å². The van der Waals surface area contributed by atoms with Crippen LogP contribution in [0.3, 0.4) is 0 Å². The number of anilines is 1. The molecule has 0 radical (unpaired) electrons. The summed E-state index contributed by atoms with van der Waals surface area (Å²) in [7, 11) is 0. The molecular formula is C25H28N4S. The molecule has 4 nitrogen and oxygen atoms in total. The van der Waals surface area contributed by atoms with Gasteiger partial charge >= 0.3 is 0 Å². The summed E-state index contributed by atoms with van der Waals surface area (Å²) < 4.78 is 2.52. The van der Waals surface area contributed by atoms with Gasteiger partial charge in [0, 0.05) is 29.3 Å². The molecule has 0 amide bonds. The van der Waals surface area contributed by atoms with E-state index in [1.165, 1.54) is 35.4 Å². The normalized spacial score (nSPS) is 21.2. The first-order chi connectivity index (χ1) is 14.6. The van der Waals surface area contributed by atoms with E-state index >= 15 is 0 Å². The van der Waals surface area contributed by atoms with Crippen molar-refractivity contribution in [3.63, 3.8) is 0 Å². The average molecular weight is 417 g/mol. The fourth-order valence-corrected chi connectivity index (χ4v) is 5.18. The third-order valence-electron chi connectivity index (χ3n) is 6.48. The van der Waals surface area contributed by atoms with E-state index < -0.39 is 0 Å². The Hall–Kier alpha value is -2.66. The molecule has 2 fully saturated rings. The molecule has 5 rings (SSSR count). The van der Waals surface area contributed by atoms with E-state index in [9.17, 15) is 0 Å². The zero-order chi connectivity index (χ0) is 20.8. The van der Waals surface area contributed by atoms with Crippen LogP contribution in [0, 0.1) is 13.8 Å². The van der Waals surface area contributed by atoms with Crippen molar-refractivity contribution in [2.75, 3.05) is 4.90 Å². The van der Waals surface area contributed by atoms with Crippen molar-refractivity contribution >= 4 is 23.0 Å². The summed E-state index contributed by atoms with van der Waals surface area (Å²) >= 11 is 5.86. The monoisotopic (exact) mass is 416 g/mol. The van der Waals surface area contributed by atoms with Gasteiger partial charge in [-0.05, 0) is 86.8 Å². The lowest BCUT2D eigenvalue weighted by Crippen LogP contribution is -2.29. The second kappa shape index (κ2) is 7.55. The fourth-order valence-electron chi connectivity index (χ4n) is 4.84. The highest BCUT2D eigenvalue weighted by Gasteiger charge is 2.42. The molecular weight excluding hydrogens is 388 g/mol. The maximum atomic E-state index is 5.86. The largest absolute Gasteiger partial charge is 0.351 e. The third kappa shape index (κ3) is 3.21. The molecule has 1 aromatic carbocycles. The summed E-state index contributed by atoms with van der Waals surface area (Å²) in [6.07, 6.45) is 5.46. The maximum absolute atomic E-state index is 5.86. The molecule has 0 unspecified atom stereocenters. The van der Waals surface area contributed by atoms with E-state index in [1.54, 1.807) is 0 Å².